The lowest BCUT2D eigenvalue weighted by molar-refractivity contribution is 0.0954. The number of aromatic nitrogens is 2. The Kier molecular flexibility index (Phi) is 4.17. The minimum atomic E-state index is 0.0481. The van der Waals surface area contributed by atoms with Gasteiger partial charge in [0.15, 0.2) is 0 Å². The maximum atomic E-state index is 12.5. The minimum Gasteiger partial charge on any atom is -0.347 e. The molecule has 4 rings (SSSR count). The van der Waals surface area contributed by atoms with Crippen LogP contribution in [0.2, 0.25) is 0 Å². The molecule has 4 nitrogen and oxygen atoms in total. The number of hydrogen-bond acceptors (Lipinski definition) is 3. The van der Waals surface area contributed by atoms with E-state index < -0.39 is 0 Å². The first-order valence-corrected chi connectivity index (χ1v) is 9.07. The first kappa shape index (κ1) is 15.1. The second-order valence-electron chi connectivity index (χ2n) is 6.22. The van der Waals surface area contributed by atoms with E-state index in [9.17, 15) is 4.79 Å². The van der Waals surface area contributed by atoms with E-state index in [2.05, 4.69) is 28.5 Å². The SMILES string of the molecule is O=C(NCc1cccc(Cn2ccnc2)c1)c1sccc1C1CC1. The number of benzene rings is 1. The Hall–Kier alpha value is -2.40. The predicted octanol–water partition coefficient (Wildman–Crippen LogP) is 3.80. The van der Waals surface area contributed by atoms with Crippen molar-refractivity contribution in [2.45, 2.75) is 31.8 Å². The van der Waals surface area contributed by atoms with Crippen molar-refractivity contribution in [2.24, 2.45) is 0 Å². The first-order chi connectivity index (χ1) is 11.8. The molecule has 1 N–H and O–H groups in total. The van der Waals surface area contributed by atoms with Gasteiger partial charge in [-0.15, -0.1) is 11.3 Å². The Bertz CT molecular complexity index is 834. The van der Waals surface area contributed by atoms with Crippen molar-refractivity contribution in [1.29, 1.82) is 0 Å². The highest BCUT2D eigenvalue weighted by atomic mass is 32.1. The van der Waals surface area contributed by atoms with Crippen LogP contribution in [0.5, 0.6) is 0 Å². The second-order valence-corrected chi connectivity index (χ2v) is 7.13. The lowest BCUT2D eigenvalue weighted by Gasteiger charge is -2.08. The summed E-state index contributed by atoms with van der Waals surface area (Å²) in [4.78, 5) is 17.4. The van der Waals surface area contributed by atoms with Crippen molar-refractivity contribution in [3.8, 4) is 0 Å². The zero-order valence-electron chi connectivity index (χ0n) is 13.3. The average molecular weight is 337 g/mol. The Balaban J connectivity index is 1.40. The fraction of sp³-hybridized carbons (Fsp3) is 0.263. The molecule has 5 heteroatoms. The van der Waals surface area contributed by atoms with Gasteiger partial charge in [0.25, 0.3) is 5.91 Å². The molecule has 0 atom stereocenters. The van der Waals surface area contributed by atoms with Gasteiger partial charge in [0.05, 0.1) is 11.2 Å². The van der Waals surface area contributed by atoms with Crippen molar-refractivity contribution >= 4 is 17.2 Å². The van der Waals surface area contributed by atoms with Crippen molar-refractivity contribution < 1.29 is 4.79 Å². The smallest absolute Gasteiger partial charge is 0.261 e. The molecule has 1 aliphatic carbocycles. The third kappa shape index (κ3) is 3.41. The van der Waals surface area contributed by atoms with Crippen LogP contribution in [0.3, 0.4) is 0 Å². The number of carbonyl (C=O) groups is 1. The van der Waals surface area contributed by atoms with Crippen LogP contribution in [-0.4, -0.2) is 15.5 Å². The van der Waals surface area contributed by atoms with E-state index in [4.69, 9.17) is 0 Å². The normalized spacial score (nSPS) is 13.8. The van der Waals surface area contributed by atoms with E-state index in [1.165, 1.54) is 24.0 Å². The number of rotatable bonds is 6. The molecule has 2 aromatic heterocycles. The first-order valence-electron chi connectivity index (χ1n) is 8.19. The Morgan fingerprint density at radius 1 is 1.29 bits per heavy atom. The fourth-order valence-corrected chi connectivity index (χ4v) is 3.81. The molecule has 2 heterocycles. The van der Waals surface area contributed by atoms with Crippen LogP contribution < -0.4 is 5.32 Å². The Labute approximate surface area is 145 Å². The van der Waals surface area contributed by atoms with Crippen LogP contribution in [0.1, 0.15) is 45.1 Å². The Morgan fingerprint density at radius 3 is 2.96 bits per heavy atom. The Morgan fingerprint density at radius 2 is 2.17 bits per heavy atom. The van der Waals surface area contributed by atoms with Gasteiger partial charge in [-0.05, 0) is 46.9 Å². The summed E-state index contributed by atoms with van der Waals surface area (Å²) < 4.78 is 2.03. The summed E-state index contributed by atoms with van der Waals surface area (Å²) in [6, 6.07) is 10.4. The van der Waals surface area contributed by atoms with E-state index in [0.29, 0.717) is 12.5 Å². The van der Waals surface area contributed by atoms with Crippen LogP contribution in [0.4, 0.5) is 0 Å². The second kappa shape index (κ2) is 6.61. The van der Waals surface area contributed by atoms with Crippen LogP contribution in [-0.2, 0) is 13.1 Å². The lowest BCUT2D eigenvalue weighted by Crippen LogP contribution is -2.22. The monoisotopic (exact) mass is 337 g/mol. The maximum absolute atomic E-state index is 12.5. The van der Waals surface area contributed by atoms with Crippen LogP contribution >= 0.6 is 11.3 Å². The maximum Gasteiger partial charge on any atom is 0.261 e. The third-order valence-electron chi connectivity index (χ3n) is 4.29. The largest absolute Gasteiger partial charge is 0.347 e. The van der Waals surface area contributed by atoms with Crippen LogP contribution in [0.15, 0.2) is 54.4 Å². The summed E-state index contributed by atoms with van der Waals surface area (Å²) in [6.45, 7) is 1.34. The average Bonchev–Trinajstić information content (AvgIpc) is 3.10. The molecule has 1 aromatic carbocycles. The highest BCUT2D eigenvalue weighted by Gasteiger charge is 2.28. The molecule has 1 aliphatic rings. The summed E-state index contributed by atoms with van der Waals surface area (Å²) >= 11 is 1.54. The molecule has 0 aliphatic heterocycles. The molecule has 0 unspecified atom stereocenters. The van der Waals surface area contributed by atoms with E-state index in [0.717, 1.165) is 17.0 Å². The van der Waals surface area contributed by atoms with Crippen molar-refractivity contribution in [2.75, 3.05) is 0 Å². The topological polar surface area (TPSA) is 46.9 Å². The van der Waals surface area contributed by atoms with Crippen LogP contribution in [0.25, 0.3) is 0 Å². The van der Waals surface area contributed by atoms with E-state index in [1.807, 2.05) is 34.6 Å². The van der Waals surface area contributed by atoms with E-state index in [-0.39, 0.29) is 5.91 Å². The van der Waals surface area contributed by atoms with Gasteiger partial charge in [-0.25, -0.2) is 4.98 Å². The van der Waals surface area contributed by atoms with Crippen molar-refractivity contribution in [1.82, 2.24) is 14.9 Å². The quantitative estimate of drug-likeness (QED) is 0.744. The standard InChI is InChI=1S/C19H19N3OS/c23-19(18-17(6-9-24-18)16-4-5-16)21-11-14-2-1-3-15(10-14)12-22-8-7-20-13-22/h1-3,6-10,13,16H,4-5,11-12H2,(H,21,23). The van der Waals surface area contributed by atoms with Crippen LogP contribution in [0, 0.1) is 0 Å². The van der Waals surface area contributed by atoms with Gasteiger partial charge in [-0.1, -0.05) is 24.3 Å². The summed E-state index contributed by atoms with van der Waals surface area (Å²) in [5, 5.41) is 5.08. The molecule has 122 valence electrons. The van der Waals surface area contributed by atoms with Gasteiger partial charge in [-0.2, -0.15) is 0 Å². The lowest BCUT2D eigenvalue weighted by atomic mass is 10.1. The number of nitrogens with zero attached hydrogens (tertiary/aromatic N) is 2. The summed E-state index contributed by atoms with van der Waals surface area (Å²) in [5.41, 5.74) is 3.55. The van der Waals surface area contributed by atoms with E-state index >= 15 is 0 Å². The van der Waals surface area contributed by atoms with Crippen molar-refractivity contribution in [3.05, 3.63) is 76.0 Å². The molecule has 0 radical (unpaired) electrons. The minimum absolute atomic E-state index is 0.0481. The number of amides is 1. The number of carbonyl (C=O) groups excluding carboxylic acids is 1. The van der Waals surface area contributed by atoms with E-state index in [1.54, 1.807) is 17.5 Å². The number of imidazole rings is 1. The molecule has 0 bridgehead atoms. The fourth-order valence-electron chi connectivity index (χ4n) is 2.91. The van der Waals surface area contributed by atoms with Gasteiger partial charge in [0.1, 0.15) is 0 Å². The predicted molar refractivity (Wildman–Crippen MR) is 95.2 cm³/mol. The molecular formula is C19H19N3OS. The highest BCUT2D eigenvalue weighted by molar-refractivity contribution is 7.12. The zero-order valence-corrected chi connectivity index (χ0v) is 14.1. The molecule has 0 saturated heterocycles. The highest BCUT2D eigenvalue weighted by Crippen LogP contribution is 2.43. The summed E-state index contributed by atoms with van der Waals surface area (Å²) in [6.07, 6.45) is 7.97. The molecule has 3 aromatic rings. The zero-order chi connectivity index (χ0) is 16.4. The van der Waals surface area contributed by atoms with Gasteiger partial charge < -0.3 is 9.88 Å². The van der Waals surface area contributed by atoms with Gasteiger partial charge in [0.2, 0.25) is 0 Å². The van der Waals surface area contributed by atoms with Gasteiger partial charge >= 0.3 is 0 Å². The summed E-state index contributed by atoms with van der Waals surface area (Å²) in [7, 11) is 0. The molecule has 0 spiro atoms. The molecule has 1 saturated carbocycles. The third-order valence-corrected chi connectivity index (χ3v) is 5.22. The van der Waals surface area contributed by atoms with Gasteiger partial charge in [0, 0.05) is 25.5 Å². The molecule has 24 heavy (non-hydrogen) atoms. The number of thiophene rings is 1. The molecule has 1 fully saturated rings. The summed E-state index contributed by atoms with van der Waals surface area (Å²) in [5.74, 6) is 0.655. The molecular weight excluding hydrogens is 318 g/mol. The number of nitrogens with one attached hydrogen (secondary N) is 1. The van der Waals surface area contributed by atoms with Crippen molar-refractivity contribution in [3.63, 3.8) is 0 Å². The van der Waals surface area contributed by atoms with Gasteiger partial charge in [-0.3, -0.25) is 4.79 Å². The molecule has 1 amide bonds. The number of hydrogen-bond donors (Lipinski definition) is 1.